The van der Waals surface area contributed by atoms with Crippen LogP contribution in [0.4, 0.5) is 11.5 Å². The summed E-state index contributed by atoms with van der Waals surface area (Å²) >= 11 is 0. The third-order valence-electron chi connectivity index (χ3n) is 4.18. The van der Waals surface area contributed by atoms with Crippen molar-refractivity contribution >= 4 is 23.4 Å². The average molecular weight is 357 g/mol. The van der Waals surface area contributed by atoms with Crippen LogP contribution >= 0.6 is 0 Å². The Bertz CT molecular complexity index is 1100. The van der Waals surface area contributed by atoms with Gasteiger partial charge in [-0.15, -0.1) is 5.10 Å². The standard InChI is InChI=1S/C20H19N7/c1-2-14-4-3-5-15(10-14)12-23-25-19-11-17(21)20-24-18(13-27(20)26-19)16-6-8-22-9-7-16/h3-13H,2,21H2,1H3,(H,25,26)/b23-12+. The predicted molar refractivity (Wildman–Crippen MR) is 108 cm³/mol. The molecule has 1 aromatic carbocycles. The zero-order chi connectivity index (χ0) is 18.6. The molecule has 7 heteroatoms. The number of nitrogens with one attached hydrogen (secondary N) is 1. The maximum Gasteiger partial charge on any atom is 0.177 e. The Balaban J connectivity index is 1.58. The first-order valence-corrected chi connectivity index (χ1v) is 8.67. The fourth-order valence-electron chi connectivity index (χ4n) is 2.78. The molecule has 3 aromatic heterocycles. The van der Waals surface area contributed by atoms with Crippen LogP contribution in [0.3, 0.4) is 0 Å². The van der Waals surface area contributed by atoms with Gasteiger partial charge in [0.25, 0.3) is 0 Å². The van der Waals surface area contributed by atoms with E-state index in [0.717, 1.165) is 23.2 Å². The number of nitrogens with zero attached hydrogens (tertiary/aromatic N) is 5. The van der Waals surface area contributed by atoms with Gasteiger partial charge < -0.3 is 5.73 Å². The molecule has 4 rings (SSSR count). The normalized spacial score (nSPS) is 11.3. The van der Waals surface area contributed by atoms with Gasteiger partial charge in [-0.2, -0.15) is 5.10 Å². The van der Waals surface area contributed by atoms with Crippen molar-refractivity contribution in [3.63, 3.8) is 0 Å². The minimum absolute atomic E-state index is 0.524. The molecule has 0 atom stereocenters. The maximum atomic E-state index is 6.14. The highest BCUT2D eigenvalue weighted by molar-refractivity contribution is 5.80. The van der Waals surface area contributed by atoms with Gasteiger partial charge in [0.2, 0.25) is 0 Å². The van der Waals surface area contributed by atoms with E-state index in [1.54, 1.807) is 29.2 Å². The van der Waals surface area contributed by atoms with Gasteiger partial charge in [-0.25, -0.2) is 9.50 Å². The number of anilines is 2. The molecule has 0 aliphatic heterocycles. The number of aryl methyl sites for hydroxylation is 1. The monoisotopic (exact) mass is 357 g/mol. The smallest absolute Gasteiger partial charge is 0.177 e. The second kappa shape index (κ2) is 7.25. The van der Waals surface area contributed by atoms with Crippen LogP contribution in [-0.2, 0) is 6.42 Å². The molecule has 0 saturated heterocycles. The molecule has 0 aliphatic rings. The number of hydrazone groups is 1. The molecule has 134 valence electrons. The highest BCUT2D eigenvalue weighted by Crippen LogP contribution is 2.22. The number of imidazole rings is 1. The van der Waals surface area contributed by atoms with Crippen LogP contribution in [0.5, 0.6) is 0 Å². The van der Waals surface area contributed by atoms with Gasteiger partial charge in [-0.05, 0) is 29.7 Å². The number of pyridine rings is 1. The summed E-state index contributed by atoms with van der Waals surface area (Å²) in [6, 6.07) is 13.7. The van der Waals surface area contributed by atoms with Gasteiger partial charge in [0.15, 0.2) is 11.5 Å². The lowest BCUT2D eigenvalue weighted by Gasteiger charge is -2.03. The zero-order valence-electron chi connectivity index (χ0n) is 14.9. The van der Waals surface area contributed by atoms with E-state index < -0.39 is 0 Å². The quantitative estimate of drug-likeness (QED) is 0.422. The molecule has 7 nitrogen and oxygen atoms in total. The third kappa shape index (κ3) is 3.62. The molecule has 0 radical (unpaired) electrons. The van der Waals surface area contributed by atoms with Crippen LogP contribution in [0.2, 0.25) is 0 Å². The molecule has 0 bridgehead atoms. The van der Waals surface area contributed by atoms with E-state index >= 15 is 0 Å². The molecule has 27 heavy (non-hydrogen) atoms. The number of nitrogen functional groups attached to an aromatic ring is 1. The topological polar surface area (TPSA) is 93.5 Å². The number of aromatic nitrogens is 4. The lowest BCUT2D eigenvalue weighted by Crippen LogP contribution is -2.01. The molecular formula is C20H19N7. The van der Waals surface area contributed by atoms with Crippen LogP contribution in [-0.4, -0.2) is 25.8 Å². The van der Waals surface area contributed by atoms with Gasteiger partial charge in [-0.3, -0.25) is 10.4 Å². The molecule has 0 spiro atoms. The van der Waals surface area contributed by atoms with E-state index in [4.69, 9.17) is 5.73 Å². The van der Waals surface area contributed by atoms with Crippen molar-refractivity contribution in [2.75, 3.05) is 11.2 Å². The lowest BCUT2D eigenvalue weighted by atomic mass is 10.1. The highest BCUT2D eigenvalue weighted by Gasteiger charge is 2.09. The van der Waals surface area contributed by atoms with Gasteiger partial charge in [-0.1, -0.05) is 31.2 Å². The molecular weight excluding hydrogens is 338 g/mol. The van der Waals surface area contributed by atoms with Crippen LogP contribution < -0.4 is 11.2 Å². The number of fused-ring (bicyclic) bond motifs is 1. The molecule has 0 aliphatic carbocycles. The Hall–Kier alpha value is -3.74. The summed E-state index contributed by atoms with van der Waals surface area (Å²) in [6.07, 6.45) is 8.04. The molecule has 3 N–H and O–H groups in total. The number of hydrogen-bond acceptors (Lipinski definition) is 6. The second-order valence-electron chi connectivity index (χ2n) is 6.08. The molecule has 0 amide bonds. The minimum Gasteiger partial charge on any atom is -0.396 e. The molecule has 3 heterocycles. The summed E-state index contributed by atoms with van der Waals surface area (Å²) < 4.78 is 1.65. The molecule has 4 aromatic rings. The van der Waals surface area contributed by atoms with Crippen molar-refractivity contribution in [3.8, 4) is 11.3 Å². The van der Waals surface area contributed by atoms with Gasteiger partial charge in [0.1, 0.15) is 0 Å². The SMILES string of the molecule is CCc1cccc(/C=N/Nc2cc(N)c3nc(-c4ccncc4)cn3n2)c1. The van der Waals surface area contributed by atoms with E-state index in [2.05, 4.69) is 44.7 Å². The van der Waals surface area contributed by atoms with E-state index in [-0.39, 0.29) is 0 Å². The van der Waals surface area contributed by atoms with Crippen molar-refractivity contribution in [1.29, 1.82) is 0 Å². The van der Waals surface area contributed by atoms with Crippen molar-refractivity contribution in [2.45, 2.75) is 13.3 Å². The predicted octanol–water partition coefficient (Wildman–Crippen LogP) is 3.38. The van der Waals surface area contributed by atoms with Crippen molar-refractivity contribution in [3.05, 3.63) is 72.2 Å². The first-order valence-electron chi connectivity index (χ1n) is 8.67. The highest BCUT2D eigenvalue weighted by atomic mass is 15.4. The largest absolute Gasteiger partial charge is 0.396 e. The third-order valence-corrected chi connectivity index (χ3v) is 4.18. The maximum absolute atomic E-state index is 6.14. The van der Waals surface area contributed by atoms with Crippen molar-refractivity contribution in [2.24, 2.45) is 5.10 Å². The number of rotatable bonds is 5. The van der Waals surface area contributed by atoms with E-state index in [1.807, 2.05) is 30.5 Å². The fraction of sp³-hybridized carbons (Fsp3) is 0.100. The van der Waals surface area contributed by atoms with Gasteiger partial charge in [0, 0.05) is 24.0 Å². The Kier molecular flexibility index (Phi) is 4.49. The fourth-order valence-corrected chi connectivity index (χ4v) is 2.78. The van der Waals surface area contributed by atoms with Gasteiger partial charge in [0.05, 0.1) is 23.8 Å². The van der Waals surface area contributed by atoms with Crippen molar-refractivity contribution < 1.29 is 0 Å². The molecule has 0 fully saturated rings. The molecule has 0 saturated carbocycles. The summed E-state index contributed by atoms with van der Waals surface area (Å²) in [6.45, 7) is 2.13. The Morgan fingerprint density at radius 1 is 1.19 bits per heavy atom. The average Bonchev–Trinajstić information content (AvgIpc) is 3.14. The summed E-state index contributed by atoms with van der Waals surface area (Å²) in [5.74, 6) is 0.543. The first-order chi connectivity index (χ1) is 13.2. The van der Waals surface area contributed by atoms with Crippen LogP contribution in [0.25, 0.3) is 16.9 Å². The lowest BCUT2D eigenvalue weighted by molar-refractivity contribution is 0.936. The van der Waals surface area contributed by atoms with E-state index in [1.165, 1.54) is 5.56 Å². The number of nitrogens with two attached hydrogens (primary N) is 1. The van der Waals surface area contributed by atoms with Crippen LogP contribution in [0.1, 0.15) is 18.1 Å². The summed E-state index contributed by atoms with van der Waals surface area (Å²) in [7, 11) is 0. The Morgan fingerprint density at radius 3 is 2.85 bits per heavy atom. The number of hydrogen-bond donors (Lipinski definition) is 2. The Labute approximate surface area is 156 Å². The van der Waals surface area contributed by atoms with Crippen molar-refractivity contribution in [1.82, 2.24) is 19.6 Å². The summed E-state index contributed by atoms with van der Waals surface area (Å²) in [4.78, 5) is 8.58. The van der Waals surface area contributed by atoms with Gasteiger partial charge >= 0.3 is 0 Å². The Morgan fingerprint density at radius 2 is 2.04 bits per heavy atom. The summed E-state index contributed by atoms with van der Waals surface area (Å²) in [5, 5.41) is 8.75. The zero-order valence-corrected chi connectivity index (χ0v) is 14.9. The van der Waals surface area contributed by atoms with E-state index in [0.29, 0.717) is 17.2 Å². The number of benzene rings is 1. The van der Waals surface area contributed by atoms with Crippen LogP contribution in [0, 0.1) is 0 Å². The first kappa shape index (κ1) is 16.7. The molecule has 0 unspecified atom stereocenters. The minimum atomic E-state index is 0.524. The van der Waals surface area contributed by atoms with E-state index in [9.17, 15) is 0 Å². The van der Waals surface area contributed by atoms with Crippen LogP contribution in [0.15, 0.2) is 66.2 Å². The second-order valence-corrected chi connectivity index (χ2v) is 6.08. The summed E-state index contributed by atoms with van der Waals surface area (Å²) in [5.41, 5.74) is 14.2.